The second-order valence-corrected chi connectivity index (χ2v) is 7.71. The molecule has 0 aliphatic heterocycles. The van der Waals surface area contributed by atoms with Crippen molar-refractivity contribution in [2.24, 2.45) is 0 Å². The predicted molar refractivity (Wildman–Crippen MR) is 111 cm³/mol. The van der Waals surface area contributed by atoms with E-state index in [1.807, 2.05) is 47.9 Å². The van der Waals surface area contributed by atoms with Gasteiger partial charge in [-0.2, -0.15) is 0 Å². The number of hydrogen-bond acceptors (Lipinski definition) is 5. The van der Waals surface area contributed by atoms with Crippen LogP contribution in [0.25, 0.3) is 21.9 Å². The first kappa shape index (κ1) is 20.1. The van der Waals surface area contributed by atoms with Gasteiger partial charge in [-0.1, -0.05) is 0 Å². The van der Waals surface area contributed by atoms with Gasteiger partial charge in [-0.05, 0) is 71.9 Å². The van der Waals surface area contributed by atoms with Gasteiger partial charge < -0.3 is 19.1 Å². The summed E-state index contributed by atoms with van der Waals surface area (Å²) in [5.74, 6) is 0.687. The summed E-state index contributed by atoms with van der Waals surface area (Å²) in [6, 6.07) is 2.00. The van der Waals surface area contributed by atoms with Crippen molar-refractivity contribution < 1.29 is 13.6 Å². The molecule has 2 heterocycles. The molecule has 3 aromatic rings. The molecular weight excluding hydrogens is 356 g/mol. The number of aryl methyl sites for hydroxylation is 4. The average molecular weight is 384 g/mol. The van der Waals surface area contributed by atoms with Crippen molar-refractivity contribution >= 4 is 27.8 Å². The Hall–Kier alpha value is -2.60. The highest BCUT2D eigenvalue weighted by Crippen LogP contribution is 2.34. The molecule has 0 atom stereocenters. The average Bonchev–Trinajstić information content (AvgIpc) is 2.92. The van der Waals surface area contributed by atoms with Crippen LogP contribution in [0.2, 0.25) is 0 Å². The molecule has 0 bridgehead atoms. The Kier molecular flexibility index (Phi) is 5.61. The highest BCUT2D eigenvalue weighted by atomic mass is 16.4. The van der Waals surface area contributed by atoms with E-state index in [2.05, 4.69) is 10.2 Å². The van der Waals surface area contributed by atoms with E-state index in [1.54, 1.807) is 0 Å². The Morgan fingerprint density at radius 1 is 1.00 bits per heavy atom. The SMILES string of the molecule is Cc1oc2c(C)c3oc(=O)c(CC(=O)NCCCN(C)C)c(C)c3cc2c1C. The number of carbonyl (C=O) groups is 1. The summed E-state index contributed by atoms with van der Waals surface area (Å²) >= 11 is 0. The molecule has 0 spiro atoms. The first-order chi connectivity index (χ1) is 13.2. The second kappa shape index (κ2) is 7.80. The molecule has 6 heteroatoms. The number of nitrogens with zero attached hydrogens (tertiary/aromatic N) is 1. The topological polar surface area (TPSA) is 75.7 Å². The lowest BCUT2D eigenvalue weighted by atomic mass is 9.99. The van der Waals surface area contributed by atoms with Crippen molar-refractivity contribution in [1.82, 2.24) is 10.2 Å². The minimum atomic E-state index is -0.462. The van der Waals surface area contributed by atoms with Crippen LogP contribution in [0.4, 0.5) is 0 Å². The van der Waals surface area contributed by atoms with Crippen LogP contribution in [0, 0.1) is 27.7 Å². The molecule has 6 nitrogen and oxygen atoms in total. The summed E-state index contributed by atoms with van der Waals surface area (Å²) in [5, 5.41) is 4.74. The third kappa shape index (κ3) is 3.69. The molecule has 0 aliphatic carbocycles. The van der Waals surface area contributed by atoms with E-state index < -0.39 is 5.63 Å². The first-order valence-corrected chi connectivity index (χ1v) is 9.57. The predicted octanol–water partition coefficient (Wildman–Crippen LogP) is 3.38. The molecule has 1 amide bonds. The smallest absolute Gasteiger partial charge is 0.340 e. The molecule has 3 rings (SSSR count). The zero-order valence-corrected chi connectivity index (χ0v) is 17.5. The highest BCUT2D eigenvalue weighted by Gasteiger charge is 2.19. The van der Waals surface area contributed by atoms with Gasteiger partial charge in [0.1, 0.15) is 16.9 Å². The minimum Gasteiger partial charge on any atom is -0.461 e. The fraction of sp³-hybridized carbons (Fsp3) is 0.455. The third-order valence-corrected chi connectivity index (χ3v) is 5.39. The first-order valence-electron chi connectivity index (χ1n) is 9.57. The van der Waals surface area contributed by atoms with Crippen LogP contribution in [0.3, 0.4) is 0 Å². The van der Waals surface area contributed by atoms with E-state index >= 15 is 0 Å². The van der Waals surface area contributed by atoms with Crippen molar-refractivity contribution in [2.75, 3.05) is 27.2 Å². The molecular formula is C22H28N2O4. The zero-order valence-electron chi connectivity index (χ0n) is 17.5. The maximum Gasteiger partial charge on any atom is 0.340 e. The lowest BCUT2D eigenvalue weighted by molar-refractivity contribution is -0.120. The van der Waals surface area contributed by atoms with E-state index in [4.69, 9.17) is 8.83 Å². The van der Waals surface area contributed by atoms with E-state index in [0.29, 0.717) is 17.7 Å². The van der Waals surface area contributed by atoms with Crippen LogP contribution in [0.15, 0.2) is 19.7 Å². The molecule has 150 valence electrons. The fourth-order valence-electron chi connectivity index (χ4n) is 3.54. The maximum absolute atomic E-state index is 12.6. The molecule has 1 N–H and O–H groups in total. The minimum absolute atomic E-state index is 0.0204. The molecule has 0 radical (unpaired) electrons. The largest absolute Gasteiger partial charge is 0.461 e. The molecule has 0 fully saturated rings. The summed E-state index contributed by atoms with van der Waals surface area (Å²) < 4.78 is 11.5. The number of fused-ring (bicyclic) bond motifs is 2. The maximum atomic E-state index is 12.6. The molecule has 2 aromatic heterocycles. The number of carbonyl (C=O) groups excluding carboxylic acids is 1. The van der Waals surface area contributed by atoms with Gasteiger partial charge >= 0.3 is 5.63 Å². The molecule has 28 heavy (non-hydrogen) atoms. The van der Waals surface area contributed by atoms with Gasteiger partial charge in [0.05, 0.1) is 12.0 Å². The molecule has 0 aliphatic rings. The Morgan fingerprint density at radius 2 is 1.64 bits per heavy atom. The monoisotopic (exact) mass is 384 g/mol. The van der Waals surface area contributed by atoms with Crippen LogP contribution >= 0.6 is 0 Å². The summed E-state index contributed by atoms with van der Waals surface area (Å²) in [6.07, 6.45) is 0.882. The van der Waals surface area contributed by atoms with Crippen molar-refractivity contribution in [1.29, 1.82) is 0 Å². The molecule has 1 aromatic carbocycles. The number of nitrogens with one attached hydrogen (secondary N) is 1. The van der Waals surface area contributed by atoms with E-state index in [-0.39, 0.29) is 12.3 Å². The van der Waals surface area contributed by atoms with Gasteiger partial charge in [-0.15, -0.1) is 0 Å². The Labute approximate surface area is 164 Å². The molecule has 0 unspecified atom stereocenters. The lowest BCUT2D eigenvalue weighted by Crippen LogP contribution is -2.30. The van der Waals surface area contributed by atoms with Gasteiger partial charge in [-0.3, -0.25) is 4.79 Å². The van der Waals surface area contributed by atoms with Crippen LogP contribution < -0.4 is 10.9 Å². The van der Waals surface area contributed by atoms with Crippen LogP contribution in [-0.4, -0.2) is 38.0 Å². The summed E-state index contributed by atoms with van der Waals surface area (Å²) in [4.78, 5) is 27.0. The van der Waals surface area contributed by atoms with Gasteiger partial charge in [0.25, 0.3) is 0 Å². The number of amides is 1. The van der Waals surface area contributed by atoms with E-state index in [9.17, 15) is 9.59 Å². The van der Waals surface area contributed by atoms with E-state index in [0.717, 1.165) is 51.8 Å². The van der Waals surface area contributed by atoms with Crippen LogP contribution in [0.5, 0.6) is 0 Å². The van der Waals surface area contributed by atoms with Gasteiger partial charge in [0, 0.05) is 22.9 Å². The lowest BCUT2D eigenvalue weighted by Gasteiger charge is -2.11. The number of hydrogen-bond donors (Lipinski definition) is 1. The van der Waals surface area contributed by atoms with Gasteiger partial charge in [0.2, 0.25) is 5.91 Å². The zero-order chi connectivity index (χ0) is 20.6. The van der Waals surface area contributed by atoms with Crippen LogP contribution in [0.1, 0.15) is 34.4 Å². The standard InChI is InChI=1S/C22H28N2O4/c1-12-15(4)27-20-14(3)21-17(10-16(12)20)13(2)18(22(26)28-21)11-19(25)23-8-7-9-24(5)6/h10H,7-9,11H2,1-6H3,(H,23,25). The molecule has 0 saturated heterocycles. The van der Waals surface area contributed by atoms with Crippen molar-refractivity contribution in [2.45, 2.75) is 40.5 Å². The second-order valence-electron chi connectivity index (χ2n) is 7.71. The number of rotatable bonds is 6. The quantitative estimate of drug-likeness (QED) is 0.521. The third-order valence-electron chi connectivity index (χ3n) is 5.39. The van der Waals surface area contributed by atoms with Gasteiger partial charge in [0.15, 0.2) is 0 Å². The van der Waals surface area contributed by atoms with Crippen molar-refractivity contribution in [3.05, 3.63) is 44.5 Å². The van der Waals surface area contributed by atoms with Crippen molar-refractivity contribution in [3.63, 3.8) is 0 Å². The Balaban J connectivity index is 1.96. The number of furan rings is 1. The van der Waals surface area contributed by atoms with E-state index in [1.165, 1.54) is 0 Å². The fourth-order valence-corrected chi connectivity index (χ4v) is 3.54. The normalized spacial score (nSPS) is 11.7. The Morgan fingerprint density at radius 3 is 2.32 bits per heavy atom. The van der Waals surface area contributed by atoms with Gasteiger partial charge in [-0.25, -0.2) is 4.79 Å². The summed E-state index contributed by atoms with van der Waals surface area (Å²) in [5.41, 5.74) is 3.90. The summed E-state index contributed by atoms with van der Waals surface area (Å²) in [6.45, 7) is 9.20. The summed E-state index contributed by atoms with van der Waals surface area (Å²) in [7, 11) is 3.99. The van der Waals surface area contributed by atoms with Crippen LogP contribution in [-0.2, 0) is 11.2 Å². The highest BCUT2D eigenvalue weighted by molar-refractivity contribution is 6.00. The number of benzene rings is 1. The Bertz CT molecular complexity index is 1110. The molecule has 0 saturated carbocycles. The van der Waals surface area contributed by atoms with Crippen molar-refractivity contribution in [3.8, 4) is 0 Å².